The largest absolute Gasteiger partial charge is 0.488 e. The van der Waals surface area contributed by atoms with Crippen LogP contribution in [0.15, 0.2) is 82.0 Å². The molecule has 0 radical (unpaired) electrons. The summed E-state index contributed by atoms with van der Waals surface area (Å²) in [5.74, 6) is 0.605. The Morgan fingerprint density at radius 3 is 2.07 bits per heavy atom. The molecule has 0 N–H and O–H groups in total. The number of aryl methyl sites for hydroxylation is 2. The molecule has 3 aromatic carbocycles. The Kier molecular flexibility index (Phi) is 4.98. The van der Waals surface area contributed by atoms with Crippen LogP contribution in [0.4, 0.5) is 0 Å². The average molecular weight is 370 g/mol. The fourth-order valence-electron chi connectivity index (χ4n) is 3.23. The molecule has 3 heteroatoms. The van der Waals surface area contributed by atoms with Gasteiger partial charge < -0.3 is 9.15 Å². The average Bonchev–Trinajstić information content (AvgIpc) is 2.70. The summed E-state index contributed by atoms with van der Waals surface area (Å²) in [7, 11) is 0. The van der Waals surface area contributed by atoms with E-state index >= 15 is 0 Å². The van der Waals surface area contributed by atoms with Gasteiger partial charge in [0.15, 0.2) is 0 Å². The highest BCUT2D eigenvalue weighted by Crippen LogP contribution is 2.30. The second-order valence-corrected chi connectivity index (χ2v) is 7.13. The van der Waals surface area contributed by atoms with Gasteiger partial charge in [-0.2, -0.15) is 0 Å². The molecule has 0 saturated carbocycles. The summed E-state index contributed by atoms with van der Waals surface area (Å²) < 4.78 is 11.8. The Morgan fingerprint density at radius 1 is 0.786 bits per heavy atom. The minimum atomic E-state index is -0.349. The molecule has 4 aromatic rings. The Hall–Kier alpha value is -3.33. The molecule has 0 aliphatic heterocycles. The van der Waals surface area contributed by atoms with E-state index < -0.39 is 0 Å². The number of fused-ring (bicyclic) bond motifs is 1. The number of benzene rings is 3. The standard InChI is InChI=1S/C25H22O3/c1-17-7-11-19(12-8-17)15-22-24(27-16-20-13-9-18(2)10-14-20)21-5-3-4-6-23(21)28-25(22)26/h3-14H,15-16H2,1-2H3. The van der Waals surface area contributed by atoms with Gasteiger partial charge in [0, 0.05) is 6.42 Å². The van der Waals surface area contributed by atoms with Gasteiger partial charge in [0.25, 0.3) is 0 Å². The molecule has 4 rings (SSSR count). The fourth-order valence-corrected chi connectivity index (χ4v) is 3.23. The van der Waals surface area contributed by atoms with Gasteiger partial charge in [0.1, 0.15) is 17.9 Å². The first-order chi connectivity index (χ1) is 13.6. The number of hydrogen-bond donors (Lipinski definition) is 0. The van der Waals surface area contributed by atoms with Crippen molar-refractivity contribution in [1.82, 2.24) is 0 Å². The van der Waals surface area contributed by atoms with Gasteiger partial charge >= 0.3 is 5.63 Å². The van der Waals surface area contributed by atoms with E-state index in [0.29, 0.717) is 29.9 Å². The van der Waals surface area contributed by atoms with E-state index in [1.165, 1.54) is 11.1 Å². The lowest BCUT2D eigenvalue weighted by Gasteiger charge is -2.13. The molecule has 0 atom stereocenters. The van der Waals surface area contributed by atoms with Crippen molar-refractivity contribution < 1.29 is 9.15 Å². The lowest BCUT2D eigenvalue weighted by Crippen LogP contribution is -2.12. The van der Waals surface area contributed by atoms with Gasteiger partial charge in [-0.1, -0.05) is 71.8 Å². The highest BCUT2D eigenvalue weighted by atomic mass is 16.5. The van der Waals surface area contributed by atoms with Crippen molar-refractivity contribution in [3.8, 4) is 5.75 Å². The van der Waals surface area contributed by atoms with Crippen LogP contribution in [0.3, 0.4) is 0 Å². The molecule has 28 heavy (non-hydrogen) atoms. The van der Waals surface area contributed by atoms with Gasteiger partial charge in [-0.25, -0.2) is 4.79 Å². The molecule has 0 amide bonds. The number of para-hydroxylation sites is 1. The second kappa shape index (κ2) is 7.73. The Balaban J connectivity index is 1.75. The van der Waals surface area contributed by atoms with E-state index in [4.69, 9.17) is 9.15 Å². The summed E-state index contributed by atoms with van der Waals surface area (Å²) in [6.45, 7) is 4.50. The van der Waals surface area contributed by atoms with Gasteiger partial charge in [-0.3, -0.25) is 0 Å². The Morgan fingerprint density at radius 2 is 1.39 bits per heavy atom. The van der Waals surface area contributed by atoms with Crippen LogP contribution >= 0.6 is 0 Å². The first kappa shape index (κ1) is 18.1. The van der Waals surface area contributed by atoms with Crippen molar-refractivity contribution in [3.63, 3.8) is 0 Å². The van der Waals surface area contributed by atoms with Gasteiger partial charge in [0.2, 0.25) is 0 Å². The van der Waals surface area contributed by atoms with E-state index in [2.05, 4.69) is 19.1 Å². The zero-order valence-corrected chi connectivity index (χ0v) is 16.1. The van der Waals surface area contributed by atoms with Crippen molar-refractivity contribution in [2.75, 3.05) is 0 Å². The topological polar surface area (TPSA) is 39.4 Å². The lowest BCUT2D eigenvalue weighted by molar-refractivity contribution is 0.304. The molecule has 3 nitrogen and oxygen atoms in total. The van der Waals surface area contributed by atoms with Crippen LogP contribution in [0.25, 0.3) is 11.0 Å². The van der Waals surface area contributed by atoms with Crippen LogP contribution in [0.2, 0.25) is 0 Å². The predicted octanol–water partition coefficient (Wildman–Crippen LogP) is 5.58. The van der Waals surface area contributed by atoms with Crippen LogP contribution in [0, 0.1) is 13.8 Å². The molecule has 0 aliphatic rings. The molecule has 0 fully saturated rings. The van der Waals surface area contributed by atoms with Crippen LogP contribution in [-0.4, -0.2) is 0 Å². The SMILES string of the molecule is Cc1ccc(COc2c(Cc3ccc(C)cc3)c(=O)oc3ccccc23)cc1. The van der Waals surface area contributed by atoms with Crippen molar-refractivity contribution in [2.45, 2.75) is 26.9 Å². The summed E-state index contributed by atoms with van der Waals surface area (Å²) in [5.41, 5.74) is 5.24. The van der Waals surface area contributed by atoms with Gasteiger partial charge in [0.05, 0.1) is 10.9 Å². The first-order valence-electron chi connectivity index (χ1n) is 9.39. The van der Waals surface area contributed by atoms with E-state index in [1.807, 2.05) is 61.5 Å². The van der Waals surface area contributed by atoms with Crippen molar-refractivity contribution in [1.29, 1.82) is 0 Å². The molecular formula is C25H22O3. The van der Waals surface area contributed by atoms with Gasteiger partial charge in [-0.15, -0.1) is 0 Å². The van der Waals surface area contributed by atoms with Crippen LogP contribution in [0.5, 0.6) is 5.75 Å². The summed E-state index contributed by atoms with van der Waals surface area (Å²) >= 11 is 0. The van der Waals surface area contributed by atoms with E-state index in [9.17, 15) is 4.79 Å². The van der Waals surface area contributed by atoms with E-state index in [-0.39, 0.29) is 5.63 Å². The summed E-state index contributed by atoms with van der Waals surface area (Å²) in [6.07, 6.45) is 0.469. The molecule has 1 aromatic heterocycles. The zero-order chi connectivity index (χ0) is 19.5. The minimum Gasteiger partial charge on any atom is -0.488 e. The zero-order valence-electron chi connectivity index (χ0n) is 16.1. The molecule has 0 spiro atoms. The molecule has 0 saturated heterocycles. The quantitative estimate of drug-likeness (QED) is 0.431. The van der Waals surface area contributed by atoms with Gasteiger partial charge in [-0.05, 0) is 37.1 Å². The summed E-state index contributed by atoms with van der Waals surface area (Å²) in [4.78, 5) is 12.7. The molecule has 1 heterocycles. The highest BCUT2D eigenvalue weighted by Gasteiger charge is 2.16. The number of rotatable bonds is 5. The fraction of sp³-hybridized carbons (Fsp3) is 0.160. The number of hydrogen-bond acceptors (Lipinski definition) is 3. The van der Waals surface area contributed by atoms with Crippen LogP contribution in [-0.2, 0) is 13.0 Å². The third-order valence-corrected chi connectivity index (χ3v) is 4.86. The lowest BCUT2D eigenvalue weighted by atomic mass is 10.0. The summed E-state index contributed by atoms with van der Waals surface area (Å²) in [5, 5.41) is 0.816. The molecule has 0 unspecified atom stereocenters. The summed E-state index contributed by atoms with van der Waals surface area (Å²) in [6, 6.07) is 23.9. The maximum Gasteiger partial charge on any atom is 0.343 e. The van der Waals surface area contributed by atoms with E-state index in [1.54, 1.807) is 6.07 Å². The molecule has 0 bridgehead atoms. The maximum atomic E-state index is 12.7. The van der Waals surface area contributed by atoms with Crippen LogP contribution < -0.4 is 10.4 Å². The normalized spacial score (nSPS) is 10.9. The van der Waals surface area contributed by atoms with Crippen LogP contribution in [0.1, 0.15) is 27.8 Å². The van der Waals surface area contributed by atoms with Crippen molar-refractivity contribution in [3.05, 3.63) is 111 Å². The smallest absolute Gasteiger partial charge is 0.343 e. The Labute approximate surface area is 164 Å². The monoisotopic (exact) mass is 370 g/mol. The Bertz CT molecular complexity index is 1150. The first-order valence-corrected chi connectivity index (χ1v) is 9.39. The highest BCUT2D eigenvalue weighted by molar-refractivity contribution is 5.84. The molecule has 0 aliphatic carbocycles. The number of ether oxygens (including phenoxy) is 1. The minimum absolute atomic E-state index is 0.349. The third kappa shape index (κ3) is 3.84. The van der Waals surface area contributed by atoms with Crippen molar-refractivity contribution >= 4 is 11.0 Å². The third-order valence-electron chi connectivity index (χ3n) is 4.86. The predicted molar refractivity (Wildman–Crippen MR) is 112 cm³/mol. The van der Waals surface area contributed by atoms with Crippen molar-refractivity contribution in [2.24, 2.45) is 0 Å². The second-order valence-electron chi connectivity index (χ2n) is 7.13. The van der Waals surface area contributed by atoms with E-state index in [0.717, 1.165) is 16.5 Å². The molecule has 140 valence electrons. The maximum absolute atomic E-state index is 12.7. The molecular weight excluding hydrogens is 348 g/mol.